The number of nitrogens with one attached hydrogen (secondary N) is 2. The molecular formula is C14H23FN2O2S. The van der Waals surface area contributed by atoms with E-state index in [0.717, 1.165) is 0 Å². The zero-order valence-corrected chi connectivity index (χ0v) is 13.2. The number of halogens is 1. The second-order valence-corrected chi connectivity index (χ2v) is 6.93. The highest BCUT2D eigenvalue weighted by Crippen LogP contribution is 2.16. The third-order valence-electron chi connectivity index (χ3n) is 3.00. The molecule has 0 amide bonds. The first kappa shape index (κ1) is 17.1. The highest BCUT2D eigenvalue weighted by Gasteiger charge is 2.18. The van der Waals surface area contributed by atoms with Crippen molar-refractivity contribution in [3.8, 4) is 0 Å². The van der Waals surface area contributed by atoms with Gasteiger partial charge in [-0.3, -0.25) is 0 Å². The van der Waals surface area contributed by atoms with Crippen LogP contribution < -0.4 is 10.0 Å². The summed E-state index contributed by atoms with van der Waals surface area (Å²) in [6.07, 6.45) is 0.697. The summed E-state index contributed by atoms with van der Waals surface area (Å²) in [5.41, 5.74) is 0.353. The van der Waals surface area contributed by atoms with Crippen LogP contribution in [0, 0.1) is 5.82 Å². The van der Waals surface area contributed by atoms with Gasteiger partial charge in [0.15, 0.2) is 0 Å². The molecule has 1 aromatic carbocycles. The second-order valence-electron chi connectivity index (χ2n) is 5.22. The maximum absolute atomic E-state index is 13.7. The van der Waals surface area contributed by atoms with Crippen LogP contribution in [-0.2, 0) is 16.6 Å². The molecule has 0 fully saturated rings. The van der Waals surface area contributed by atoms with E-state index < -0.39 is 15.8 Å². The van der Waals surface area contributed by atoms with E-state index in [0.29, 0.717) is 18.5 Å². The van der Waals surface area contributed by atoms with E-state index in [1.165, 1.54) is 18.2 Å². The Morgan fingerprint density at radius 1 is 1.25 bits per heavy atom. The summed E-state index contributed by atoms with van der Waals surface area (Å²) in [6, 6.07) is 3.92. The lowest BCUT2D eigenvalue weighted by Crippen LogP contribution is -2.32. The lowest BCUT2D eigenvalue weighted by molar-refractivity contribution is 0.546. The number of sulfonamides is 1. The average Bonchev–Trinajstić information content (AvgIpc) is 2.36. The third-order valence-corrected chi connectivity index (χ3v) is 4.58. The minimum atomic E-state index is -3.59. The fourth-order valence-corrected chi connectivity index (χ4v) is 2.96. The van der Waals surface area contributed by atoms with E-state index in [9.17, 15) is 12.8 Å². The lowest BCUT2D eigenvalue weighted by atomic mass is 10.2. The summed E-state index contributed by atoms with van der Waals surface area (Å²) >= 11 is 0. The summed E-state index contributed by atoms with van der Waals surface area (Å²) in [6.45, 7) is 7.89. The zero-order valence-electron chi connectivity index (χ0n) is 12.4. The molecule has 0 aliphatic heterocycles. The molecule has 2 N–H and O–H groups in total. The molecule has 1 aromatic rings. The molecule has 0 saturated heterocycles. The van der Waals surface area contributed by atoms with Gasteiger partial charge in [0.05, 0.1) is 4.90 Å². The van der Waals surface area contributed by atoms with Gasteiger partial charge in [-0.25, -0.2) is 17.5 Å². The molecule has 20 heavy (non-hydrogen) atoms. The predicted octanol–water partition coefficient (Wildman–Crippen LogP) is 2.40. The van der Waals surface area contributed by atoms with Gasteiger partial charge in [0.1, 0.15) is 5.82 Å². The first-order valence-electron chi connectivity index (χ1n) is 6.80. The Balaban J connectivity index is 2.99. The first-order chi connectivity index (χ1) is 9.26. The molecule has 1 unspecified atom stereocenters. The molecule has 0 bridgehead atoms. The van der Waals surface area contributed by atoms with E-state index in [-0.39, 0.29) is 17.0 Å². The SMILES string of the molecule is CCC(C)NS(=O)(=O)c1ccc(F)c(CNC(C)C)c1. The number of rotatable bonds is 7. The largest absolute Gasteiger partial charge is 0.310 e. The number of hydrogen-bond acceptors (Lipinski definition) is 3. The topological polar surface area (TPSA) is 58.2 Å². The van der Waals surface area contributed by atoms with Gasteiger partial charge in [0, 0.05) is 24.2 Å². The Kier molecular flexibility index (Phi) is 6.10. The highest BCUT2D eigenvalue weighted by atomic mass is 32.2. The predicted molar refractivity (Wildman–Crippen MR) is 78.5 cm³/mol. The van der Waals surface area contributed by atoms with Crippen LogP contribution in [0.15, 0.2) is 23.1 Å². The third kappa shape index (κ3) is 4.85. The van der Waals surface area contributed by atoms with Gasteiger partial charge in [-0.05, 0) is 31.5 Å². The highest BCUT2D eigenvalue weighted by molar-refractivity contribution is 7.89. The van der Waals surface area contributed by atoms with E-state index >= 15 is 0 Å². The van der Waals surface area contributed by atoms with Crippen LogP contribution in [0.1, 0.15) is 39.7 Å². The Morgan fingerprint density at radius 2 is 1.90 bits per heavy atom. The van der Waals surface area contributed by atoms with E-state index in [1.807, 2.05) is 20.8 Å². The minimum Gasteiger partial charge on any atom is -0.310 e. The van der Waals surface area contributed by atoms with Gasteiger partial charge < -0.3 is 5.32 Å². The molecule has 0 aromatic heterocycles. The van der Waals surface area contributed by atoms with Gasteiger partial charge in [-0.1, -0.05) is 20.8 Å². The molecule has 0 radical (unpaired) electrons. The summed E-state index contributed by atoms with van der Waals surface area (Å²) in [7, 11) is -3.59. The van der Waals surface area contributed by atoms with Crippen LogP contribution in [0.3, 0.4) is 0 Å². The second kappa shape index (κ2) is 7.15. The first-order valence-corrected chi connectivity index (χ1v) is 8.28. The lowest BCUT2D eigenvalue weighted by Gasteiger charge is -2.14. The Hall–Kier alpha value is -0.980. The van der Waals surface area contributed by atoms with Crippen LogP contribution in [-0.4, -0.2) is 20.5 Å². The van der Waals surface area contributed by atoms with Gasteiger partial charge in [-0.2, -0.15) is 0 Å². The fourth-order valence-electron chi connectivity index (χ4n) is 1.58. The van der Waals surface area contributed by atoms with Crippen molar-refractivity contribution in [3.05, 3.63) is 29.6 Å². The average molecular weight is 302 g/mol. The molecule has 0 spiro atoms. The van der Waals surface area contributed by atoms with E-state index in [4.69, 9.17) is 0 Å². The molecular weight excluding hydrogens is 279 g/mol. The fraction of sp³-hybridized carbons (Fsp3) is 0.571. The number of hydrogen-bond donors (Lipinski definition) is 2. The smallest absolute Gasteiger partial charge is 0.240 e. The Bertz CT molecular complexity index is 544. The molecule has 0 aliphatic rings. The minimum absolute atomic E-state index is 0.0970. The van der Waals surface area contributed by atoms with Crippen molar-refractivity contribution in [2.75, 3.05) is 0 Å². The summed E-state index contributed by atoms with van der Waals surface area (Å²) in [4.78, 5) is 0.0970. The Morgan fingerprint density at radius 3 is 2.45 bits per heavy atom. The van der Waals surface area contributed by atoms with E-state index in [1.54, 1.807) is 6.92 Å². The molecule has 0 saturated carbocycles. The van der Waals surface area contributed by atoms with Gasteiger partial charge in [0.25, 0.3) is 0 Å². The van der Waals surface area contributed by atoms with Crippen LogP contribution in [0.2, 0.25) is 0 Å². The van der Waals surface area contributed by atoms with Crippen molar-refractivity contribution in [2.24, 2.45) is 0 Å². The van der Waals surface area contributed by atoms with Crippen molar-refractivity contribution < 1.29 is 12.8 Å². The molecule has 114 valence electrons. The van der Waals surface area contributed by atoms with Crippen LogP contribution in [0.5, 0.6) is 0 Å². The maximum Gasteiger partial charge on any atom is 0.240 e. The molecule has 0 aliphatic carbocycles. The van der Waals surface area contributed by atoms with Gasteiger partial charge in [0.2, 0.25) is 10.0 Å². The van der Waals surface area contributed by atoms with Crippen molar-refractivity contribution in [2.45, 2.75) is 57.6 Å². The molecule has 6 heteroatoms. The molecule has 4 nitrogen and oxygen atoms in total. The van der Waals surface area contributed by atoms with Crippen molar-refractivity contribution in [1.82, 2.24) is 10.0 Å². The van der Waals surface area contributed by atoms with Crippen LogP contribution in [0.4, 0.5) is 4.39 Å². The molecule has 0 heterocycles. The maximum atomic E-state index is 13.7. The monoisotopic (exact) mass is 302 g/mol. The van der Waals surface area contributed by atoms with Crippen molar-refractivity contribution in [1.29, 1.82) is 0 Å². The summed E-state index contributed by atoms with van der Waals surface area (Å²) in [5.74, 6) is -0.402. The molecule has 1 atom stereocenters. The Labute approximate surface area is 120 Å². The summed E-state index contributed by atoms with van der Waals surface area (Å²) in [5, 5.41) is 3.08. The summed E-state index contributed by atoms with van der Waals surface area (Å²) < 4.78 is 40.5. The molecule has 1 rings (SSSR count). The van der Waals surface area contributed by atoms with Crippen LogP contribution >= 0.6 is 0 Å². The van der Waals surface area contributed by atoms with Crippen molar-refractivity contribution in [3.63, 3.8) is 0 Å². The quantitative estimate of drug-likeness (QED) is 0.813. The standard InChI is InChI=1S/C14H23FN2O2S/c1-5-11(4)17-20(18,19)13-6-7-14(15)12(8-13)9-16-10(2)3/h6-8,10-11,16-17H,5,9H2,1-4H3. The zero-order chi connectivity index (χ0) is 15.3. The van der Waals surface area contributed by atoms with Gasteiger partial charge >= 0.3 is 0 Å². The normalized spacial score (nSPS) is 13.7. The number of benzene rings is 1. The van der Waals surface area contributed by atoms with Gasteiger partial charge in [-0.15, -0.1) is 0 Å². The van der Waals surface area contributed by atoms with E-state index in [2.05, 4.69) is 10.0 Å². The van der Waals surface area contributed by atoms with Crippen LogP contribution in [0.25, 0.3) is 0 Å². The van der Waals surface area contributed by atoms with Crippen molar-refractivity contribution >= 4 is 10.0 Å².